The van der Waals surface area contributed by atoms with Crippen molar-refractivity contribution in [3.63, 3.8) is 0 Å². The topological polar surface area (TPSA) is 99.2 Å². The molecule has 4 heterocycles. The molecule has 3 aromatic rings. The van der Waals surface area contributed by atoms with Crippen LogP contribution in [0.1, 0.15) is 22.2 Å². The van der Waals surface area contributed by atoms with E-state index in [9.17, 15) is 14.7 Å². The summed E-state index contributed by atoms with van der Waals surface area (Å²) in [5, 5.41) is 14.0. The summed E-state index contributed by atoms with van der Waals surface area (Å²) in [7, 11) is 0. The van der Waals surface area contributed by atoms with E-state index < -0.39 is 11.9 Å². The van der Waals surface area contributed by atoms with Crippen molar-refractivity contribution in [3.8, 4) is 9.88 Å². The lowest BCUT2D eigenvalue weighted by Crippen LogP contribution is -2.30. The summed E-state index contributed by atoms with van der Waals surface area (Å²) < 4.78 is 0. The number of hydrogen-bond donors (Lipinski definition) is 2. The number of hydrogen-bond acceptors (Lipinski definition) is 6. The molecule has 1 amide bonds. The fraction of sp³-hybridized carbons (Fsp3) is 0.250. The lowest BCUT2D eigenvalue weighted by atomic mass is 9.96. The quantitative estimate of drug-likeness (QED) is 0.731. The Morgan fingerprint density at radius 3 is 2.88 bits per heavy atom. The van der Waals surface area contributed by atoms with Crippen molar-refractivity contribution in [1.29, 1.82) is 0 Å². The van der Waals surface area contributed by atoms with Crippen LogP contribution in [0.4, 0.5) is 0 Å². The lowest BCUT2D eigenvalue weighted by molar-refractivity contribution is -0.141. The van der Waals surface area contributed by atoms with E-state index in [1.165, 1.54) is 11.3 Å². The van der Waals surface area contributed by atoms with Crippen molar-refractivity contribution in [1.82, 2.24) is 19.9 Å². The van der Waals surface area contributed by atoms with Crippen LogP contribution in [-0.4, -0.2) is 49.9 Å². The number of thiazole rings is 1. The summed E-state index contributed by atoms with van der Waals surface area (Å²) in [6, 6.07) is 3.90. The maximum absolute atomic E-state index is 12.8. The molecule has 0 unspecified atom stereocenters. The molecule has 0 spiro atoms. The summed E-state index contributed by atoms with van der Waals surface area (Å²) in [6.07, 6.45) is 3.25. The number of amides is 1. The van der Waals surface area contributed by atoms with Crippen molar-refractivity contribution in [2.75, 3.05) is 13.1 Å². The maximum Gasteiger partial charge on any atom is 0.309 e. The van der Waals surface area contributed by atoms with E-state index in [4.69, 9.17) is 0 Å². The summed E-state index contributed by atoms with van der Waals surface area (Å²) >= 11 is 2.99. The van der Waals surface area contributed by atoms with Crippen LogP contribution in [0.25, 0.3) is 9.88 Å². The first kappa shape index (κ1) is 16.0. The molecule has 9 heteroatoms. The number of thiophene rings is 1. The Kier molecular flexibility index (Phi) is 4.10. The van der Waals surface area contributed by atoms with Gasteiger partial charge in [-0.1, -0.05) is 6.07 Å². The number of aliphatic carboxylic acids is 1. The third kappa shape index (κ3) is 2.96. The highest BCUT2D eigenvalue weighted by molar-refractivity contribution is 7.20. The lowest BCUT2D eigenvalue weighted by Gasteiger charge is -2.14. The van der Waals surface area contributed by atoms with E-state index in [1.807, 2.05) is 17.5 Å². The van der Waals surface area contributed by atoms with Gasteiger partial charge in [0.1, 0.15) is 16.5 Å². The third-order valence-corrected chi connectivity index (χ3v) is 6.13. The van der Waals surface area contributed by atoms with Crippen LogP contribution in [0, 0.1) is 5.92 Å². The van der Waals surface area contributed by atoms with Gasteiger partial charge in [-0.2, -0.15) is 0 Å². The highest BCUT2D eigenvalue weighted by Crippen LogP contribution is 2.33. The number of aromatic amines is 1. The van der Waals surface area contributed by atoms with E-state index in [-0.39, 0.29) is 18.4 Å². The zero-order chi connectivity index (χ0) is 17.4. The molecule has 2 N–H and O–H groups in total. The minimum Gasteiger partial charge on any atom is -0.481 e. The molecule has 1 fully saturated rings. The van der Waals surface area contributed by atoms with Gasteiger partial charge in [0, 0.05) is 36.8 Å². The molecular formula is C16H14N4O3S2. The first-order valence-corrected chi connectivity index (χ1v) is 9.40. The highest BCUT2D eigenvalue weighted by Gasteiger charge is 2.42. The number of aromatic nitrogens is 3. The number of carbonyl (C=O) groups excluding carboxylic acids is 1. The van der Waals surface area contributed by atoms with Crippen LogP contribution in [-0.2, 0) is 4.79 Å². The van der Waals surface area contributed by atoms with Gasteiger partial charge in [-0.15, -0.1) is 22.7 Å². The summed E-state index contributed by atoms with van der Waals surface area (Å²) in [6.45, 7) is 0.473. The molecule has 2 atom stereocenters. The molecule has 1 aliphatic heterocycles. The molecule has 0 saturated carbocycles. The highest BCUT2D eigenvalue weighted by atomic mass is 32.1. The van der Waals surface area contributed by atoms with Gasteiger partial charge in [-0.25, -0.2) is 9.97 Å². The molecule has 0 radical (unpaired) electrons. The van der Waals surface area contributed by atoms with E-state index in [0.717, 1.165) is 9.88 Å². The third-order valence-electron chi connectivity index (χ3n) is 4.25. The second kappa shape index (κ2) is 6.41. The zero-order valence-corrected chi connectivity index (χ0v) is 14.6. The SMILES string of the molecule is O=C(O)[C@@H]1CN(C(=O)c2csc(-c3cccs3)n2)C[C@H]1c1ncc[nH]1. The molecule has 3 aromatic heterocycles. The van der Waals surface area contributed by atoms with Gasteiger partial charge in [0.05, 0.1) is 10.8 Å². The van der Waals surface area contributed by atoms with Crippen LogP contribution in [0.2, 0.25) is 0 Å². The fourth-order valence-electron chi connectivity index (χ4n) is 3.02. The predicted octanol–water partition coefficient (Wildman–Crippen LogP) is 2.54. The largest absolute Gasteiger partial charge is 0.481 e. The smallest absolute Gasteiger partial charge is 0.309 e. The minimum absolute atomic E-state index is 0.158. The maximum atomic E-state index is 12.8. The second-order valence-electron chi connectivity index (χ2n) is 5.75. The van der Waals surface area contributed by atoms with Gasteiger partial charge in [0.25, 0.3) is 5.91 Å². The Balaban J connectivity index is 1.56. The van der Waals surface area contributed by atoms with Crippen LogP contribution in [0.15, 0.2) is 35.3 Å². The summed E-state index contributed by atoms with van der Waals surface area (Å²) in [5.41, 5.74) is 0.359. The zero-order valence-electron chi connectivity index (χ0n) is 13.0. The van der Waals surface area contributed by atoms with Gasteiger partial charge in [0.2, 0.25) is 0 Å². The number of likely N-dealkylation sites (tertiary alicyclic amines) is 1. The number of nitrogens with one attached hydrogen (secondary N) is 1. The first-order chi connectivity index (χ1) is 12.1. The molecule has 1 aliphatic rings. The molecule has 1 saturated heterocycles. The number of nitrogens with zero attached hydrogens (tertiary/aromatic N) is 3. The molecule has 0 aromatic carbocycles. The Hall–Kier alpha value is -2.52. The number of carboxylic acid groups (broad SMARTS) is 1. The number of carbonyl (C=O) groups is 2. The van der Waals surface area contributed by atoms with Crippen molar-refractivity contribution in [2.24, 2.45) is 5.92 Å². The van der Waals surface area contributed by atoms with E-state index in [1.54, 1.807) is 34.0 Å². The average molecular weight is 374 g/mol. The van der Waals surface area contributed by atoms with Crippen LogP contribution < -0.4 is 0 Å². The van der Waals surface area contributed by atoms with Crippen molar-refractivity contribution >= 4 is 34.6 Å². The number of carboxylic acids is 1. The molecule has 25 heavy (non-hydrogen) atoms. The Labute approximate surface area is 151 Å². The van der Waals surface area contributed by atoms with Gasteiger partial charge in [-0.3, -0.25) is 9.59 Å². The summed E-state index contributed by atoms with van der Waals surface area (Å²) in [4.78, 5) is 38.5. The van der Waals surface area contributed by atoms with Gasteiger partial charge >= 0.3 is 5.97 Å². The van der Waals surface area contributed by atoms with E-state index in [2.05, 4.69) is 15.0 Å². The van der Waals surface area contributed by atoms with Crippen LogP contribution >= 0.6 is 22.7 Å². The van der Waals surface area contributed by atoms with Crippen molar-refractivity contribution in [2.45, 2.75) is 5.92 Å². The van der Waals surface area contributed by atoms with E-state index >= 15 is 0 Å². The molecule has 0 bridgehead atoms. The van der Waals surface area contributed by atoms with Crippen LogP contribution in [0.3, 0.4) is 0 Å². The van der Waals surface area contributed by atoms with Crippen molar-refractivity contribution in [3.05, 3.63) is 46.8 Å². The number of H-pyrrole nitrogens is 1. The Morgan fingerprint density at radius 2 is 2.20 bits per heavy atom. The van der Waals surface area contributed by atoms with Gasteiger partial charge in [-0.05, 0) is 11.4 Å². The molecule has 128 valence electrons. The number of imidazole rings is 1. The normalized spacial score (nSPS) is 20.1. The van der Waals surface area contributed by atoms with Crippen molar-refractivity contribution < 1.29 is 14.7 Å². The molecular weight excluding hydrogens is 360 g/mol. The minimum atomic E-state index is -0.922. The fourth-order valence-corrected chi connectivity index (χ4v) is 4.63. The second-order valence-corrected chi connectivity index (χ2v) is 7.56. The monoisotopic (exact) mass is 374 g/mol. The standard InChI is InChI=1S/C16H14N4O3S2/c21-15(11-8-25-14(19-11)12-2-1-5-24-12)20-6-9(10(7-20)16(22)23)13-17-3-4-18-13/h1-5,8-10H,6-7H2,(H,17,18)(H,22,23)/t9-,10-/m1/s1. The first-order valence-electron chi connectivity index (χ1n) is 7.64. The molecule has 4 rings (SSSR count). The van der Waals surface area contributed by atoms with Gasteiger partial charge in [0.15, 0.2) is 0 Å². The average Bonchev–Trinajstić information content (AvgIpc) is 3.41. The van der Waals surface area contributed by atoms with Gasteiger partial charge < -0.3 is 15.0 Å². The molecule has 0 aliphatic carbocycles. The van der Waals surface area contributed by atoms with E-state index in [0.29, 0.717) is 18.1 Å². The molecule has 7 nitrogen and oxygen atoms in total. The number of rotatable bonds is 4. The summed E-state index contributed by atoms with van der Waals surface area (Å²) in [5.74, 6) is -1.58. The Morgan fingerprint density at radius 1 is 1.32 bits per heavy atom. The van der Waals surface area contributed by atoms with Crippen LogP contribution in [0.5, 0.6) is 0 Å². The predicted molar refractivity (Wildman–Crippen MR) is 93.8 cm³/mol. The Bertz CT molecular complexity index is 889.